The highest BCUT2D eigenvalue weighted by molar-refractivity contribution is 7.93. The zero-order chi connectivity index (χ0) is 23.0. The van der Waals surface area contributed by atoms with Crippen LogP contribution in [0, 0.1) is 4.78 Å². The van der Waals surface area contributed by atoms with E-state index in [1.807, 2.05) is 24.3 Å². The molecule has 0 fully saturated rings. The van der Waals surface area contributed by atoms with Crippen LogP contribution in [0.1, 0.15) is 30.1 Å². The third-order valence-electron chi connectivity index (χ3n) is 4.63. The second kappa shape index (κ2) is 10.7. The molecule has 0 amide bonds. The van der Waals surface area contributed by atoms with E-state index in [1.54, 1.807) is 42.5 Å². The van der Waals surface area contributed by atoms with Gasteiger partial charge in [-0.3, -0.25) is 4.72 Å². The van der Waals surface area contributed by atoms with Gasteiger partial charge in [0.25, 0.3) is 0 Å². The minimum absolute atomic E-state index is 0.0482. The van der Waals surface area contributed by atoms with Crippen LogP contribution in [0.5, 0.6) is 11.5 Å². The molecule has 0 radical (unpaired) electrons. The van der Waals surface area contributed by atoms with Crippen molar-refractivity contribution in [3.63, 3.8) is 0 Å². The Bertz CT molecular complexity index is 1150. The van der Waals surface area contributed by atoms with Crippen molar-refractivity contribution in [2.45, 2.75) is 24.7 Å². The minimum Gasteiger partial charge on any atom is -0.465 e. The number of carbonyl (C=O) groups is 1. The summed E-state index contributed by atoms with van der Waals surface area (Å²) in [5, 5.41) is 3.26. The molecule has 0 saturated heterocycles. The number of nitrogens with one attached hydrogen (secondary N) is 3. The van der Waals surface area contributed by atoms with Gasteiger partial charge in [0.15, 0.2) is 15.7 Å². The Labute approximate surface area is 188 Å². The van der Waals surface area contributed by atoms with Crippen molar-refractivity contribution in [2.75, 3.05) is 23.7 Å². The van der Waals surface area contributed by atoms with Gasteiger partial charge >= 0.3 is 5.97 Å². The molecule has 7 nitrogen and oxygen atoms in total. The third kappa shape index (κ3) is 5.79. The Balaban J connectivity index is 2.15. The van der Waals surface area contributed by atoms with Gasteiger partial charge in [0.05, 0.1) is 18.4 Å². The van der Waals surface area contributed by atoms with Crippen molar-refractivity contribution in [1.82, 2.24) is 0 Å². The van der Waals surface area contributed by atoms with E-state index in [1.165, 1.54) is 13.2 Å². The zero-order valence-electron chi connectivity index (χ0n) is 18.1. The van der Waals surface area contributed by atoms with E-state index in [2.05, 4.69) is 17.0 Å². The zero-order valence-corrected chi connectivity index (χ0v) is 18.9. The fourth-order valence-electron chi connectivity index (χ4n) is 3.02. The second-order valence-corrected chi connectivity index (χ2v) is 8.82. The van der Waals surface area contributed by atoms with Crippen LogP contribution in [0.3, 0.4) is 0 Å². The maximum Gasteiger partial charge on any atom is 0.337 e. The molecule has 1 atom stereocenters. The number of rotatable bonds is 10. The molecule has 168 valence electrons. The summed E-state index contributed by atoms with van der Waals surface area (Å²) in [5.74, 6) is 0.155. The molecule has 0 aliphatic heterocycles. The van der Waals surface area contributed by atoms with E-state index in [0.717, 1.165) is 12.8 Å². The lowest BCUT2D eigenvalue weighted by Crippen LogP contribution is -2.15. The van der Waals surface area contributed by atoms with Gasteiger partial charge in [-0.15, -0.1) is 0 Å². The largest absolute Gasteiger partial charge is 0.465 e. The summed E-state index contributed by atoms with van der Waals surface area (Å²) in [4.78, 5) is 12.4. The fourth-order valence-corrected chi connectivity index (χ4v) is 4.30. The van der Waals surface area contributed by atoms with Gasteiger partial charge in [0, 0.05) is 12.2 Å². The predicted octanol–water partition coefficient (Wildman–Crippen LogP) is 5.91. The number of ether oxygens (including phenoxy) is 2. The molecular formula is C24H27N3O4S. The van der Waals surface area contributed by atoms with E-state index < -0.39 is 15.9 Å². The van der Waals surface area contributed by atoms with E-state index in [4.69, 9.17) is 14.3 Å². The topological polar surface area (TPSA) is 101 Å². The Morgan fingerprint density at radius 1 is 1.03 bits per heavy atom. The lowest BCUT2D eigenvalue weighted by Gasteiger charge is -2.20. The first-order valence-corrected chi connectivity index (χ1v) is 11.8. The molecule has 0 bridgehead atoms. The summed E-state index contributed by atoms with van der Waals surface area (Å²) < 4.78 is 36.0. The van der Waals surface area contributed by atoms with Crippen LogP contribution in [0.2, 0.25) is 0 Å². The number of benzene rings is 3. The van der Waals surface area contributed by atoms with Gasteiger partial charge in [0.2, 0.25) is 0 Å². The van der Waals surface area contributed by atoms with Gasteiger partial charge in [-0.25, -0.2) is 13.8 Å². The maximum atomic E-state index is 13.6. The highest BCUT2D eigenvalue weighted by atomic mass is 32.2. The SMILES string of the molecule is CCCCNc1cc(C(=O)OC)cc(S(=N)(=O)Nc2ccccc2)c1Oc1ccccc1. The van der Waals surface area contributed by atoms with Crippen LogP contribution < -0.4 is 14.8 Å². The highest BCUT2D eigenvalue weighted by Gasteiger charge is 2.24. The first-order valence-electron chi connectivity index (χ1n) is 10.3. The number of esters is 1. The average molecular weight is 454 g/mol. The molecule has 3 N–H and O–H groups in total. The highest BCUT2D eigenvalue weighted by Crippen LogP contribution is 2.38. The molecule has 0 spiro atoms. The summed E-state index contributed by atoms with van der Waals surface area (Å²) in [6.07, 6.45) is 1.86. The van der Waals surface area contributed by atoms with Crippen LogP contribution in [-0.4, -0.2) is 23.8 Å². The third-order valence-corrected chi connectivity index (χ3v) is 6.08. The molecule has 32 heavy (non-hydrogen) atoms. The van der Waals surface area contributed by atoms with E-state index in [9.17, 15) is 9.00 Å². The Morgan fingerprint density at radius 3 is 2.31 bits per heavy atom. The number of methoxy groups -OCH3 is 1. The number of hydrogen-bond acceptors (Lipinski definition) is 6. The van der Waals surface area contributed by atoms with E-state index in [-0.39, 0.29) is 16.2 Å². The Hall–Kier alpha value is -3.52. The maximum absolute atomic E-state index is 13.6. The molecular weight excluding hydrogens is 426 g/mol. The normalized spacial score (nSPS) is 12.4. The van der Waals surface area contributed by atoms with Gasteiger partial charge in [-0.1, -0.05) is 49.7 Å². The predicted molar refractivity (Wildman–Crippen MR) is 127 cm³/mol. The molecule has 3 aromatic rings. The van der Waals surface area contributed by atoms with Gasteiger partial charge in [0.1, 0.15) is 10.6 Å². The molecule has 0 saturated carbocycles. The smallest absolute Gasteiger partial charge is 0.337 e. The molecule has 0 aliphatic rings. The van der Waals surface area contributed by atoms with Crippen molar-refractivity contribution >= 4 is 27.3 Å². The van der Waals surface area contributed by atoms with Crippen molar-refractivity contribution in [3.05, 3.63) is 78.4 Å². The number of anilines is 2. The van der Waals surface area contributed by atoms with E-state index in [0.29, 0.717) is 23.7 Å². The number of para-hydroxylation sites is 2. The number of hydrogen-bond donors (Lipinski definition) is 3. The van der Waals surface area contributed by atoms with Gasteiger partial charge in [-0.2, -0.15) is 0 Å². The molecule has 0 aromatic heterocycles. The van der Waals surface area contributed by atoms with Crippen LogP contribution in [0.4, 0.5) is 11.4 Å². The second-order valence-electron chi connectivity index (χ2n) is 7.06. The van der Waals surface area contributed by atoms with Crippen LogP contribution >= 0.6 is 0 Å². The Morgan fingerprint density at radius 2 is 1.69 bits per heavy atom. The quantitative estimate of drug-likeness (QED) is 0.262. The first-order chi connectivity index (χ1) is 15.4. The summed E-state index contributed by atoms with van der Waals surface area (Å²) >= 11 is 0. The van der Waals surface area contributed by atoms with Gasteiger partial charge < -0.3 is 14.8 Å². The Kier molecular flexibility index (Phi) is 7.72. The summed E-state index contributed by atoms with van der Waals surface area (Å²) in [5.41, 5.74) is 1.16. The number of carbonyl (C=O) groups excluding carboxylic acids is 1. The molecule has 8 heteroatoms. The number of unbranched alkanes of at least 4 members (excludes halogenated alkanes) is 1. The molecule has 0 heterocycles. The molecule has 3 aromatic carbocycles. The summed E-state index contributed by atoms with van der Waals surface area (Å²) in [6, 6.07) is 20.9. The minimum atomic E-state index is -3.60. The fraction of sp³-hybridized carbons (Fsp3) is 0.208. The molecule has 0 aliphatic carbocycles. The van der Waals surface area contributed by atoms with Crippen molar-refractivity contribution < 1.29 is 18.5 Å². The molecule has 3 rings (SSSR count). The van der Waals surface area contributed by atoms with Gasteiger partial charge in [-0.05, 0) is 42.8 Å². The summed E-state index contributed by atoms with van der Waals surface area (Å²) in [6.45, 7) is 2.69. The monoisotopic (exact) mass is 453 g/mol. The van der Waals surface area contributed by atoms with Crippen LogP contribution in [0.25, 0.3) is 0 Å². The average Bonchev–Trinajstić information content (AvgIpc) is 2.80. The van der Waals surface area contributed by atoms with E-state index >= 15 is 0 Å². The van der Waals surface area contributed by atoms with Crippen LogP contribution in [-0.2, 0) is 14.7 Å². The van der Waals surface area contributed by atoms with Crippen molar-refractivity contribution in [2.24, 2.45) is 0 Å². The molecule has 1 unspecified atom stereocenters. The first kappa shape index (κ1) is 23.1. The lowest BCUT2D eigenvalue weighted by atomic mass is 10.1. The standard InChI is InChI=1S/C24H27N3O4S/c1-3-4-15-26-21-16-18(24(28)30-2)17-22(23(21)31-20-13-9-6-10-14-20)32(25,29)27-19-11-7-5-8-12-19/h5-14,16-17,26H,3-4,15H2,1-2H3,(H2,25,27,29). The van der Waals surface area contributed by atoms with Crippen molar-refractivity contribution in [3.8, 4) is 11.5 Å². The van der Waals surface area contributed by atoms with Crippen molar-refractivity contribution in [1.29, 1.82) is 4.78 Å². The lowest BCUT2D eigenvalue weighted by molar-refractivity contribution is 0.0600. The van der Waals surface area contributed by atoms with Crippen LogP contribution in [0.15, 0.2) is 77.7 Å². The summed E-state index contributed by atoms with van der Waals surface area (Å²) in [7, 11) is -2.33.